The summed E-state index contributed by atoms with van der Waals surface area (Å²) in [6.45, 7) is 3.64. The number of β-amino-alcohol motifs (C(OH)–C–C–N with tert-alkyl or cyclic N) is 1. The third-order valence-corrected chi connectivity index (χ3v) is 4.77. The van der Waals surface area contributed by atoms with Gasteiger partial charge in [-0.1, -0.05) is 35.9 Å². The van der Waals surface area contributed by atoms with Gasteiger partial charge < -0.3 is 15.2 Å². The van der Waals surface area contributed by atoms with Crippen LogP contribution in [0.2, 0.25) is 5.02 Å². The minimum Gasteiger partial charge on any atom is -0.489 e. The lowest BCUT2D eigenvalue weighted by molar-refractivity contribution is 0.105. The predicted molar refractivity (Wildman–Crippen MR) is 101 cm³/mol. The summed E-state index contributed by atoms with van der Waals surface area (Å²) in [5.41, 5.74) is 3.68. The maximum absolute atomic E-state index is 10.00. The van der Waals surface area contributed by atoms with Gasteiger partial charge in [0.25, 0.3) is 0 Å². The van der Waals surface area contributed by atoms with Crippen molar-refractivity contribution in [3.05, 3.63) is 64.2 Å². The van der Waals surface area contributed by atoms with Gasteiger partial charge in [0.05, 0.1) is 6.10 Å². The summed E-state index contributed by atoms with van der Waals surface area (Å²) >= 11 is 5.93. The minimum absolute atomic E-state index is 0.337. The lowest BCUT2D eigenvalue weighted by Crippen LogP contribution is -2.40. The first kappa shape index (κ1) is 18.2. The highest BCUT2D eigenvalue weighted by atomic mass is 35.5. The van der Waals surface area contributed by atoms with Crippen LogP contribution in [0.25, 0.3) is 0 Å². The summed E-state index contributed by atoms with van der Waals surface area (Å²) in [7, 11) is 1.86. The second kappa shape index (κ2) is 8.68. The lowest BCUT2D eigenvalue weighted by atomic mass is 9.98. The largest absolute Gasteiger partial charge is 0.489 e. The molecule has 0 saturated heterocycles. The molecule has 0 saturated carbocycles. The number of halogens is 1. The second-order valence-corrected chi connectivity index (χ2v) is 6.94. The number of rotatable bonds is 7. The number of likely N-dealkylation sites (N-methyl/N-ethyl adjacent to an activating group) is 1. The molecular formula is C20H25ClN2O2. The van der Waals surface area contributed by atoms with Gasteiger partial charge in [0.1, 0.15) is 12.4 Å². The van der Waals surface area contributed by atoms with Crippen molar-refractivity contribution in [1.82, 2.24) is 10.2 Å². The molecule has 1 aliphatic heterocycles. The molecule has 1 aliphatic rings. The minimum atomic E-state index is -0.337. The molecule has 1 heterocycles. The maximum Gasteiger partial charge on any atom is 0.123 e. The van der Waals surface area contributed by atoms with Crippen LogP contribution in [0.4, 0.5) is 0 Å². The fraction of sp³-hybridized carbons (Fsp3) is 0.400. The molecular weight excluding hydrogens is 336 g/mol. The first-order valence-corrected chi connectivity index (χ1v) is 9.06. The van der Waals surface area contributed by atoms with E-state index in [4.69, 9.17) is 16.3 Å². The summed E-state index contributed by atoms with van der Waals surface area (Å²) in [4.78, 5) is 2.30. The quantitative estimate of drug-likeness (QED) is 0.797. The van der Waals surface area contributed by atoms with Gasteiger partial charge in [0.15, 0.2) is 0 Å². The number of nitrogens with zero attached hydrogens (tertiary/aromatic N) is 1. The Labute approximate surface area is 154 Å². The van der Waals surface area contributed by atoms with E-state index in [0.717, 1.165) is 35.8 Å². The van der Waals surface area contributed by atoms with Crippen LogP contribution in [0.3, 0.4) is 0 Å². The van der Waals surface area contributed by atoms with Gasteiger partial charge in [0.2, 0.25) is 0 Å². The molecule has 0 bridgehead atoms. The zero-order valence-corrected chi connectivity index (χ0v) is 15.3. The number of hydrogen-bond acceptors (Lipinski definition) is 4. The van der Waals surface area contributed by atoms with Gasteiger partial charge in [0, 0.05) is 31.2 Å². The molecule has 0 aromatic heterocycles. The van der Waals surface area contributed by atoms with Gasteiger partial charge in [-0.15, -0.1) is 0 Å². The highest BCUT2D eigenvalue weighted by Crippen LogP contribution is 2.28. The van der Waals surface area contributed by atoms with Crippen molar-refractivity contribution in [3.8, 4) is 5.75 Å². The van der Waals surface area contributed by atoms with Crippen molar-refractivity contribution in [2.24, 2.45) is 0 Å². The number of aliphatic hydroxyl groups is 1. The van der Waals surface area contributed by atoms with Gasteiger partial charge in [-0.05, 0) is 48.4 Å². The molecule has 0 aliphatic carbocycles. The Morgan fingerprint density at radius 3 is 2.80 bits per heavy atom. The third-order valence-electron chi connectivity index (χ3n) is 4.52. The smallest absolute Gasteiger partial charge is 0.123 e. The Kier molecular flexibility index (Phi) is 6.32. The SMILES string of the molecule is CNCC(O)CN1CCc2c(cccc2OCc2ccc(Cl)cc2)C1. The van der Waals surface area contributed by atoms with Crippen LogP contribution in [0.5, 0.6) is 5.75 Å². The van der Waals surface area contributed by atoms with Gasteiger partial charge in [-0.25, -0.2) is 0 Å². The van der Waals surface area contributed by atoms with Crippen molar-refractivity contribution in [2.75, 3.05) is 26.7 Å². The number of hydrogen-bond donors (Lipinski definition) is 2. The molecule has 3 rings (SSSR count). The van der Waals surface area contributed by atoms with Crippen molar-refractivity contribution < 1.29 is 9.84 Å². The van der Waals surface area contributed by atoms with E-state index in [0.29, 0.717) is 19.7 Å². The Balaban J connectivity index is 1.63. The molecule has 25 heavy (non-hydrogen) atoms. The first-order chi connectivity index (χ1) is 12.2. The number of aliphatic hydroxyl groups excluding tert-OH is 1. The van der Waals surface area contributed by atoms with Gasteiger partial charge >= 0.3 is 0 Å². The van der Waals surface area contributed by atoms with Crippen molar-refractivity contribution in [1.29, 1.82) is 0 Å². The van der Waals surface area contributed by atoms with Crippen LogP contribution in [-0.2, 0) is 19.6 Å². The molecule has 2 aromatic rings. The van der Waals surface area contributed by atoms with Crippen LogP contribution < -0.4 is 10.1 Å². The second-order valence-electron chi connectivity index (χ2n) is 6.51. The number of nitrogens with one attached hydrogen (secondary N) is 1. The van der Waals surface area contributed by atoms with Crippen LogP contribution >= 0.6 is 11.6 Å². The zero-order valence-electron chi connectivity index (χ0n) is 14.5. The van der Waals surface area contributed by atoms with Crippen LogP contribution in [0, 0.1) is 0 Å². The molecule has 1 atom stereocenters. The van der Waals surface area contributed by atoms with Crippen molar-refractivity contribution in [2.45, 2.75) is 25.7 Å². The third kappa shape index (κ3) is 4.95. The monoisotopic (exact) mass is 360 g/mol. The molecule has 0 amide bonds. The van der Waals surface area contributed by atoms with Crippen molar-refractivity contribution in [3.63, 3.8) is 0 Å². The normalized spacial score (nSPS) is 15.6. The summed E-state index contributed by atoms with van der Waals surface area (Å²) < 4.78 is 6.06. The van der Waals surface area contributed by atoms with Crippen LogP contribution in [0.15, 0.2) is 42.5 Å². The first-order valence-electron chi connectivity index (χ1n) is 8.68. The fourth-order valence-electron chi connectivity index (χ4n) is 3.26. The van der Waals surface area contributed by atoms with Gasteiger partial charge in [-0.3, -0.25) is 4.90 Å². The number of ether oxygens (including phenoxy) is 1. The van der Waals surface area contributed by atoms with Crippen LogP contribution in [-0.4, -0.2) is 42.8 Å². The molecule has 0 spiro atoms. The lowest BCUT2D eigenvalue weighted by Gasteiger charge is -2.31. The van der Waals surface area contributed by atoms with E-state index >= 15 is 0 Å². The number of benzene rings is 2. The zero-order chi connectivity index (χ0) is 17.6. The topological polar surface area (TPSA) is 44.7 Å². The van der Waals surface area contributed by atoms with E-state index in [1.165, 1.54) is 11.1 Å². The Morgan fingerprint density at radius 1 is 1.24 bits per heavy atom. The van der Waals surface area contributed by atoms with E-state index in [1.807, 2.05) is 43.4 Å². The average molecular weight is 361 g/mol. The summed E-state index contributed by atoms with van der Waals surface area (Å²) in [6.07, 6.45) is 0.606. The van der Waals surface area contributed by atoms with E-state index in [1.54, 1.807) is 0 Å². The fourth-order valence-corrected chi connectivity index (χ4v) is 3.39. The van der Waals surface area contributed by atoms with E-state index in [-0.39, 0.29) is 6.10 Å². The summed E-state index contributed by atoms with van der Waals surface area (Å²) in [5.74, 6) is 0.961. The molecule has 134 valence electrons. The number of fused-ring (bicyclic) bond motifs is 1. The van der Waals surface area contributed by atoms with Crippen molar-refractivity contribution >= 4 is 11.6 Å². The standard InChI is InChI=1S/C20H25ClN2O2/c1-22-11-18(24)13-23-10-9-19-16(12-23)3-2-4-20(19)25-14-15-5-7-17(21)8-6-15/h2-8,18,22,24H,9-14H2,1H3. The van der Waals surface area contributed by atoms with E-state index < -0.39 is 0 Å². The Bertz CT molecular complexity index is 691. The highest BCUT2D eigenvalue weighted by Gasteiger charge is 2.21. The molecule has 5 heteroatoms. The van der Waals surface area contributed by atoms with Crippen LogP contribution in [0.1, 0.15) is 16.7 Å². The molecule has 0 radical (unpaired) electrons. The van der Waals surface area contributed by atoms with E-state index in [9.17, 15) is 5.11 Å². The highest BCUT2D eigenvalue weighted by molar-refractivity contribution is 6.30. The summed E-state index contributed by atoms with van der Waals surface area (Å²) in [6, 6.07) is 14.0. The predicted octanol–water partition coefficient (Wildman–Crippen LogP) is 2.86. The van der Waals surface area contributed by atoms with E-state index in [2.05, 4.69) is 16.3 Å². The molecule has 1 unspecified atom stereocenters. The van der Waals surface area contributed by atoms with Gasteiger partial charge in [-0.2, -0.15) is 0 Å². The Morgan fingerprint density at radius 2 is 2.04 bits per heavy atom. The Hall–Kier alpha value is -1.59. The molecule has 2 aromatic carbocycles. The average Bonchev–Trinajstić information content (AvgIpc) is 2.61. The molecule has 2 N–H and O–H groups in total. The molecule has 0 fully saturated rings. The molecule has 4 nitrogen and oxygen atoms in total. The summed E-state index contributed by atoms with van der Waals surface area (Å²) in [5, 5.41) is 13.7. The maximum atomic E-state index is 10.00.